The minimum absolute atomic E-state index is 0.313. The lowest BCUT2D eigenvalue weighted by Gasteiger charge is -2.21. The number of amides is 2. The molecule has 6 heteroatoms. The fourth-order valence-electron chi connectivity index (χ4n) is 2.24. The number of carboxylic acid groups (broad SMARTS) is 1. The van der Waals surface area contributed by atoms with E-state index in [4.69, 9.17) is 10.4 Å². The molecule has 1 unspecified atom stereocenters. The number of nitriles is 1. The Morgan fingerprint density at radius 2 is 2.10 bits per heavy atom. The van der Waals surface area contributed by atoms with Gasteiger partial charge in [-0.2, -0.15) is 5.26 Å². The molecule has 0 aliphatic carbocycles. The summed E-state index contributed by atoms with van der Waals surface area (Å²) in [5.74, 6) is -0.962. The Balaban J connectivity index is 1.91. The molecular formula is C14H15N3O3. The molecule has 0 aromatic heterocycles. The van der Waals surface area contributed by atoms with E-state index >= 15 is 0 Å². The van der Waals surface area contributed by atoms with E-state index in [0.717, 1.165) is 5.56 Å². The van der Waals surface area contributed by atoms with Gasteiger partial charge in [-0.3, -0.25) is 0 Å². The monoisotopic (exact) mass is 273 g/mol. The van der Waals surface area contributed by atoms with Crippen LogP contribution in [0.2, 0.25) is 0 Å². The Hall–Kier alpha value is -2.55. The van der Waals surface area contributed by atoms with Crippen molar-refractivity contribution in [2.24, 2.45) is 0 Å². The molecule has 1 atom stereocenters. The van der Waals surface area contributed by atoms with Crippen LogP contribution >= 0.6 is 0 Å². The average molecular weight is 273 g/mol. The Morgan fingerprint density at radius 1 is 1.40 bits per heavy atom. The van der Waals surface area contributed by atoms with Gasteiger partial charge < -0.3 is 15.3 Å². The highest BCUT2D eigenvalue weighted by atomic mass is 16.4. The number of carboxylic acids is 1. The highest BCUT2D eigenvalue weighted by Crippen LogP contribution is 2.17. The van der Waals surface area contributed by atoms with Gasteiger partial charge in [0.2, 0.25) is 0 Å². The smallest absolute Gasteiger partial charge is 0.326 e. The van der Waals surface area contributed by atoms with E-state index in [1.807, 2.05) is 6.07 Å². The Kier molecular flexibility index (Phi) is 4.20. The maximum Gasteiger partial charge on any atom is 0.326 e. The molecule has 1 aromatic carbocycles. The maximum atomic E-state index is 12.0. The zero-order valence-electron chi connectivity index (χ0n) is 10.9. The molecule has 20 heavy (non-hydrogen) atoms. The molecule has 0 radical (unpaired) electrons. The summed E-state index contributed by atoms with van der Waals surface area (Å²) in [6.07, 6.45) is 1.21. The normalized spacial score (nSPS) is 17.6. The molecule has 1 aliphatic rings. The third kappa shape index (κ3) is 3.06. The van der Waals surface area contributed by atoms with Gasteiger partial charge in [0.25, 0.3) is 0 Å². The van der Waals surface area contributed by atoms with Crippen LogP contribution < -0.4 is 5.32 Å². The molecule has 1 aliphatic heterocycles. The van der Waals surface area contributed by atoms with Crippen LogP contribution in [0.25, 0.3) is 0 Å². The van der Waals surface area contributed by atoms with Crippen molar-refractivity contribution < 1.29 is 14.7 Å². The number of benzene rings is 1. The van der Waals surface area contributed by atoms with Crippen LogP contribution in [-0.4, -0.2) is 34.6 Å². The second-order valence-corrected chi connectivity index (χ2v) is 4.66. The van der Waals surface area contributed by atoms with Gasteiger partial charge in [0.1, 0.15) is 6.04 Å². The first kappa shape index (κ1) is 13.9. The van der Waals surface area contributed by atoms with Gasteiger partial charge in [0.05, 0.1) is 11.6 Å². The quantitative estimate of drug-likeness (QED) is 0.868. The molecule has 2 amide bonds. The first-order valence-corrected chi connectivity index (χ1v) is 6.38. The van der Waals surface area contributed by atoms with E-state index in [1.165, 1.54) is 4.90 Å². The van der Waals surface area contributed by atoms with Gasteiger partial charge >= 0.3 is 12.0 Å². The lowest BCUT2D eigenvalue weighted by Crippen LogP contribution is -2.45. The Morgan fingerprint density at radius 3 is 2.70 bits per heavy atom. The van der Waals surface area contributed by atoms with Crippen LogP contribution in [0, 0.1) is 11.3 Å². The number of nitrogens with zero attached hydrogens (tertiary/aromatic N) is 2. The second-order valence-electron chi connectivity index (χ2n) is 4.66. The van der Waals surface area contributed by atoms with Gasteiger partial charge in [-0.25, -0.2) is 9.59 Å². The standard InChI is InChI=1S/C14H15N3O3/c15-8-10-3-5-11(6-4-10)9-16-14(20)17-7-1-2-12(17)13(18)19/h3-6,12H,1-2,7,9H2,(H,16,20)(H,18,19). The number of likely N-dealkylation sites (tertiary alicyclic amines) is 1. The van der Waals surface area contributed by atoms with Crippen LogP contribution in [0.3, 0.4) is 0 Å². The van der Waals surface area contributed by atoms with Gasteiger partial charge in [-0.1, -0.05) is 12.1 Å². The van der Waals surface area contributed by atoms with Gasteiger partial charge in [0.15, 0.2) is 0 Å². The summed E-state index contributed by atoms with van der Waals surface area (Å²) in [4.78, 5) is 24.3. The summed E-state index contributed by atoms with van der Waals surface area (Å²) in [6.45, 7) is 0.781. The molecular weight excluding hydrogens is 258 g/mol. The second kappa shape index (κ2) is 6.06. The molecule has 0 saturated carbocycles. The first-order valence-electron chi connectivity index (χ1n) is 6.38. The molecule has 104 valence electrons. The lowest BCUT2D eigenvalue weighted by molar-refractivity contribution is -0.141. The van der Waals surface area contributed by atoms with E-state index < -0.39 is 12.0 Å². The molecule has 0 bridgehead atoms. The number of hydrogen-bond donors (Lipinski definition) is 2. The van der Waals surface area contributed by atoms with E-state index in [9.17, 15) is 9.59 Å². The zero-order valence-corrected chi connectivity index (χ0v) is 10.9. The van der Waals surface area contributed by atoms with Crippen LogP contribution in [0.1, 0.15) is 24.0 Å². The summed E-state index contributed by atoms with van der Waals surface area (Å²) in [7, 11) is 0. The fraction of sp³-hybridized carbons (Fsp3) is 0.357. The topological polar surface area (TPSA) is 93.4 Å². The van der Waals surface area contributed by atoms with Crippen molar-refractivity contribution in [1.82, 2.24) is 10.2 Å². The van der Waals surface area contributed by atoms with Crippen molar-refractivity contribution >= 4 is 12.0 Å². The molecule has 2 rings (SSSR count). The van der Waals surface area contributed by atoms with E-state index in [1.54, 1.807) is 24.3 Å². The van der Waals surface area contributed by atoms with E-state index in [0.29, 0.717) is 31.5 Å². The number of urea groups is 1. The summed E-state index contributed by atoms with van der Waals surface area (Å²) < 4.78 is 0. The third-order valence-corrected chi connectivity index (χ3v) is 3.33. The summed E-state index contributed by atoms with van der Waals surface area (Å²) >= 11 is 0. The fourth-order valence-corrected chi connectivity index (χ4v) is 2.24. The van der Waals surface area contributed by atoms with Crippen molar-refractivity contribution in [2.45, 2.75) is 25.4 Å². The molecule has 2 N–H and O–H groups in total. The number of nitrogens with one attached hydrogen (secondary N) is 1. The summed E-state index contributed by atoms with van der Waals surface area (Å²) in [5.41, 5.74) is 1.42. The highest BCUT2D eigenvalue weighted by Gasteiger charge is 2.33. The molecule has 1 aromatic rings. The number of hydrogen-bond acceptors (Lipinski definition) is 3. The van der Waals surface area contributed by atoms with Crippen LogP contribution in [-0.2, 0) is 11.3 Å². The van der Waals surface area contributed by atoms with Gasteiger partial charge in [-0.05, 0) is 30.5 Å². The maximum absolute atomic E-state index is 12.0. The van der Waals surface area contributed by atoms with Crippen molar-refractivity contribution in [3.05, 3.63) is 35.4 Å². The summed E-state index contributed by atoms with van der Waals surface area (Å²) in [5, 5.41) is 20.4. The molecule has 1 fully saturated rings. The molecule has 1 saturated heterocycles. The van der Waals surface area contributed by atoms with Crippen LogP contribution in [0.4, 0.5) is 4.79 Å². The Bertz CT molecular complexity index is 548. The number of aliphatic carboxylic acids is 1. The molecule has 0 spiro atoms. The van der Waals surface area contributed by atoms with Crippen LogP contribution in [0.15, 0.2) is 24.3 Å². The number of rotatable bonds is 3. The predicted octanol–water partition coefficient (Wildman–Crippen LogP) is 1.32. The average Bonchev–Trinajstić information content (AvgIpc) is 2.95. The van der Waals surface area contributed by atoms with Gasteiger partial charge in [0, 0.05) is 13.1 Å². The first-order chi connectivity index (χ1) is 9.61. The molecule has 1 heterocycles. The molecule has 6 nitrogen and oxygen atoms in total. The number of carbonyl (C=O) groups excluding carboxylic acids is 1. The largest absolute Gasteiger partial charge is 0.480 e. The highest BCUT2D eigenvalue weighted by molar-refractivity contribution is 5.83. The summed E-state index contributed by atoms with van der Waals surface area (Å²) in [6, 6.07) is 7.81. The lowest BCUT2D eigenvalue weighted by atomic mass is 10.1. The third-order valence-electron chi connectivity index (χ3n) is 3.33. The minimum atomic E-state index is -0.962. The van der Waals surface area contributed by atoms with Crippen molar-refractivity contribution in [1.29, 1.82) is 5.26 Å². The zero-order chi connectivity index (χ0) is 14.5. The van der Waals surface area contributed by atoms with Crippen molar-refractivity contribution in [3.63, 3.8) is 0 Å². The van der Waals surface area contributed by atoms with Gasteiger partial charge in [-0.15, -0.1) is 0 Å². The SMILES string of the molecule is N#Cc1ccc(CNC(=O)N2CCCC2C(=O)O)cc1. The van der Waals surface area contributed by atoms with E-state index in [-0.39, 0.29) is 6.03 Å². The Labute approximate surface area is 116 Å². The number of carbonyl (C=O) groups is 2. The van der Waals surface area contributed by atoms with Crippen molar-refractivity contribution in [2.75, 3.05) is 6.54 Å². The van der Waals surface area contributed by atoms with Crippen molar-refractivity contribution in [3.8, 4) is 6.07 Å². The predicted molar refractivity (Wildman–Crippen MR) is 70.8 cm³/mol. The minimum Gasteiger partial charge on any atom is -0.480 e. The van der Waals surface area contributed by atoms with E-state index in [2.05, 4.69) is 5.32 Å². The van der Waals surface area contributed by atoms with Crippen LogP contribution in [0.5, 0.6) is 0 Å².